The van der Waals surface area contributed by atoms with Gasteiger partial charge in [-0.15, -0.1) is 0 Å². The van der Waals surface area contributed by atoms with Crippen molar-refractivity contribution in [3.05, 3.63) is 53.3 Å². The zero-order valence-corrected chi connectivity index (χ0v) is 20.2. The Kier molecular flexibility index (Phi) is 8.33. The van der Waals surface area contributed by atoms with Gasteiger partial charge in [0.25, 0.3) is 0 Å². The summed E-state index contributed by atoms with van der Waals surface area (Å²) in [5, 5.41) is 14.2. The number of carbonyl (C=O) groups is 2. The van der Waals surface area contributed by atoms with Gasteiger partial charge in [0.2, 0.25) is 0 Å². The second-order valence-corrected chi connectivity index (χ2v) is 9.34. The van der Waals surface area contributed by atoms with E-state index in [1.165, 1.54) is 4.90 Å². The third-order valence-electron chi connectivity index (χ3n) is 5.02. The molecule has 0 spiro atoms. The van der Waals surface area contributed by atoms with E-state index in [1.807, 2.05) is 18.2 Å². The quantitative estimate of drug-likeness (QED) is 0.424. The number of anilines is 1. The molecule has 3 rings (SSSR count). The Labute approximate surface area is 203 Å². The van der Waals surface area contributed by atoms with Crippen LogP contribution in [0.3, 0.4) is 0 Å². The normalized spacial score (nSPS) is 16.6. The van der Waals surface area contributed by atoms with E-state index in [0.717, 1.165) is 5.69 Å². The number of hydrogen-bond donors (Lipinski definition) is 2. The van der Waals surface area contributed by atoms with Crippen LogP contribution in [0.25, 0.3) is 0 Å². The van der Waals surface area contributed by atoms with Gasteiger partial charge in [-0.2, -0.15) is 5.10 Å². The fourth-order valence-electron chi connectivity index (χ4n) is 3.45. The van der Waals surface area contributed by atoms with Crippen LogP contribution < -0.4 is 10.2 Å². The number of carboxylic acid groups (broad SMARTS) is 1. The molecule has 1 aliphatic heterocycles. The Bertz CT molecular complexity index is 1040. The van der Waals surface area contributed by atoms with E-state index in [4.69, 9.17) is 21.1 Å². The molecule has 2 aromatic rings. The fraction of sp³-hybridized carbons (Fsp3) is 0.417. The molecule has 0 radical (unpaired) electrons. The van der Waals surface area contributed by atoms with Crippen molar-refractivity contribution in [3.8, 4) is 5.75 Å². The third kappa shape index (κ3) is 7.34. The monoisotopic (exact) mass is 488 g/mol. The number of nitrogens with zero attached hydrogens (tertiary/aromatic N) is 3. The Hall–Kier alpha value is -3.33. The Morgan fingerprint density at radius 2 is 2.09 bits per heavy atom. The largest absolute Gasteiger partial charge is 0.486 e. The molecular weight excluding hydrogens is 460 g/mol. The summed E-state index contributed by atoms with van der Waals surface area (Å²) in [6.45, 7) is 6.38. The zero-order chi connectivity index (χ0) is 24.7. The second-order valence-electron chi connectivity index (χ2n) is 8.93. The summed E-state index contributed by atoms with van der Waals surface area (Å²) in [7, 11) is 0. The molecular formula is C24H29ClN4O5. The molecule has 1 atom stereocenters. The van der Waals surface area contributed by atoms with E-state index >= 15 is 0 Å². The van der Waals surface area contributed by atoms with Crippen molar-refractivity contribution in [2.75, 3.05) is 18.5 Å². The number of halogens is 1. The molecule has 34 heavy (non-hydrogen) atoms. The lowest BCUT2D eigenvalue weighted by Gasteiger charge is -2.33. The molecule has 1 amide bonds. The number of pyridine rings is 1. The predicted octanol–water partition coefficient (Wildman–Crippen LogP) is 4.81. The highest BCUT2D eigenvalue weighted by atomic mass is 35.5. The van der Waals surface area contributed by atoms with Crippen molar-refractivity contribution >= 4 is 35.1 Å². The average Bonchev–Trinajstić information content (AvgIpc) is 2.78. The Morgan fingerprint density at radius 1 is 1.29 bits per heavy atom. The van der Waals surface area contributed by atoms with Crippen LogP contribution in [0.15, 0.2) is 47.7 Å². The van der Waals surface area contributed by atoms with Crippen LogP contribution >= 0.6 is 11.6 Å². The number of likely N-dealkylation sites (tertiary alicyclic amines) is 1. The summed E-state index contributed by atoms with van der Waals surface area (Å²) >= 11 is 6.32. The van der Waals surface area contributed by atoms with Crippen LogP contribution in [0.1, 0.15) is 39.3 Å². The minimum atomic E-state index is -1.15. The van der Waals surface area contributed by atoms with Crippen molar-refractivity contribution in [2.24, 2.45) is 11.0 Å². The van der Waals surface area contributed by atoms with Crippen molar-refractivity contribution in [2.45, 2.75) is 45.8 Å². The number of piperidine rings is 1. The number of amides is 1. The van der Waals surface area contributed by atoms with Gasteiger partial charge in [0.1, 0.15) is 18.0 Å². The van der Waals surface area contributed by atoms with Crippen LogP contribution in [0.2, 0.25) is 5.02 Å². The first-order valence-corrected chi connectivity index (χ1v) is 11.4. The molecule has 10 heteroatoms. The molecule has 0 aliphatic carbocycles. The number of nitrogens with one attached hydrogen (secondary N) is 1. The minimum Gasteiger partial charge on any atom is -0.486 e. The van der Waals surface area contributed by atoms with Gasteiger partial charge in [-0.25, -0.2) is 9.59 Å². The minimum absolute atomic E-state index is 0.0557. The maximum atomic E-state index is 12.4. The number of hydrogen-bond acceptors (Lipinski definition) is 7. The van der Waals surface area contributed by atoms with Gasteiger partial charge in [-0.1, -0.05) is 17.7 Å². The smallest absolute Gasteiger partial charge is 0.410 e. The summed E-state index contributed by atoms with van der Waals surface area (Å²) in [6, 6.07) is 10.5. The maximum absolute atomic E-state index is 12.4. The van der Waals surface area contributed by atoms with E-state index in [0.29, 0.717) is 35.8 Å². The number of rotatable bonds is 7. The summed E-state index contributed by atoms with van der Waals surface area (Å²) in [6.07, 6.45) is 2.49. The molecule has 0 bridgehead atoms. The van der Waals surface area contributed by atoms with Crippen LogP contribution in [0.5, 0.6) is 5.75 Å². The molecule has 1 saturated heterocycles. The topological polar surface area (TPSA) is 113 Å². The SMILES string of the molecule is CC(C)(C)OC(=O)N1CCCC(C(=NNc2ccc(OCc3ccccn3)c(Cl)c2)C(=O)O)C1. The van der Waals surface area contributed by atoms with Gasteiger partial charge in [0.15, 0.2) is 5.71 Å². The molecule has 1 aliphatic rings. The predicted molar refractivity (Wildman–Crippen MR) is 129 cm³/mol. The number of carbonyl (C=O) groups excluding carboxylic acids is 1. The number of aromatic nitrogens is 1. The molecule has 9 nitrogen and oxygen atoms in total. The molecule has 182 valence electrons. The van der Waals surface area contributed by atoms with E-state index in [1.54, 1.807) is 45.2 Å². The van der Waals surface area contributed by atoms with E-state index in [9.17, 15) is 14.7 Å². The standard InChI is InChI=1S/C24H29ClN4O5/c1-24(2,3)34-23(32)29-12-6-7-16(14-29)21(22(30)31)28-27-17-9-10-20(19(25)13-17)33-15-18-8-4-5-11-26-18/h4-5,8-11,13,16,27H,6-7,12,14-15H2,1-3H3,(H,30,31). The van der Waals surface area contributed by atoms with Crippen molar-refractivity contribution < 1.29 is 24.2 Å². The van der Waals surface area contributed by atoms with Gasteiger partial charge in [-0.3, -0.25) is 10.4 Å². The van der Waals surface area contributed by atoms with Gasteiger partial charge < -0.3 is 19.5 Å². The summed E-state index contributed by atoms with van der Waals surface area (Å²) in [5.74, 6) is -1.10. The second kappa shape index (κ2) is 11.2. The first-order chi connectivity index (χ1) is 16.1. The van der Waals surface area contributed by atoms with Gasteiger partial charge in [0, 0.05) is 25.2 Å². The molecule has 1 unspecified atom stereocenters. The summed E-state index contributed by atoms with van der Waals surface area (Å²) in [5.41, 5.74) is 3.37. The van der Waals surface area contributed by atoms with Crippen molar-refractivity contribution in [3.63, 3.8) is 0 Å². The summed E-state index contributed by atoms with van der Waals surface area (Å²) < 4.78 is 11.1. The number of ether oxygens (including phenoxy) is 2. The van der Waals surface area contributed by atoms with Crippen LogP contribution in [-0.4, -0.2) is 51.5 Å². The van der Waals surface area contributed by atoms with Gasteiger partial charge >= 0.3 is 12.1 Å². The summed E-state index contributed by atoms with van der Waals surface area (Å²) in [4.78, 5) is 30.1. The van der Waals surface area contributed by atoms with Crippen LogP contribution in [0.4, 0.5) is 10.5 Å². The third-order valence-corrected chi connectivity index (χ3v) is 5.31. The maximum Gasteiger partial charge on any atom is 0.410 e. The number of hydrazone groups is 1. The van der Waals surface area contributed by atoms with Crippen LogP contribution in [0, 0.1) is 5.92 Å². The van der Waals surface area contributed by atoms with Crippen molar-refractivity contribution in [1.29, 1.82) is 0 Å². The molecule has 2 heterocycles. The lowest BCUT2D eigenvalue weighted by molar-refractivity contribution is -0.129. The highest BCUT2D eigenvalue weighted by Gasteiger charge is 2.32. The molecule has 0 saturated carbocycles. The Balaban J connectivity index is 1.65. The number of benzene rings is 1. The first-order valence-electron chi connectivity index (χ1n) is 11.0. The van der Waals surface area contributed by atoms with E-state index in [-0.39, 0.29) is 18.9 Å². The number of carboxylic acids is 1. The van der Waals surface area contributed by atoms with Gasteiger partial charge in [0.05, 0.1) is 16.4 Å². The first kappa shape index (κ1) is 25.3. The highest BCUT2D eigenvalue weighted by Crippen LogP contribution is 2.28. The van der Waals surface area contributed by atoms with E-state index < -0.39 is 23.6 Å². The molecule has 1 aromatic carbocycles. The zero-order valence-electron chi connectivity index (χ0n) is 19.5. The van der Waals surface area contributed by atoms with Crippen molar-refractivity contribution in [1.82, 2.24) is 9.88 Å². The number of aliphatic carboxylic acids is 1. The van der Waals surface area contributed by atoms with Gasteiger partial charge in [-0.05, 0) is 63.9 Å². The highest BCUT2D eigenvalue weighted by molar-refractivity contribution is 6.36. The van der Waals surface area contributed by atoms with E-state index in [2.05, 4.69) is 15.5 Å². The average molecular weight is 489 g/mol. The fourth-order valence-corrected chi connectivity index (χ4v) is 3.69. The molecule has 2 N–H and O–H groups in total. The van der Waals surface area contributed by atoms with Crippen LogP contribution in [-0.2, 0) is 16.1 Å². The molecule has 1 fully saturated rings. The lowest BCUT2D eigenvalue weighted by Crippen LogP contribution is -2.46. The lowest BCUT2D eigenvalue weighted by atomic mass is 9.93. The molecule has 1 aromatic heterocycles. The Morgan fingerprint density at radius 3 is 2.74 bits per heavy atom.